The van der Waals surface area contributed by atoms with Crippen molar-refractivity contribution in [2.45, 2.75) is 6.42 Å². The Morgan fingerprint density at radius 3 is 2.57 bits per heavy atom. The van der Waals surface area contributed by atoms with Gasteiger partial charge in [0.1, 0.15) is 5.82 Å². The molecule has 2 N–H and O–H groups in total. The first-order valence-corrected chi connectivity index (χ1v) is 3.89. The molecule has 0 spiro atoms. The van der Waals surface area contributed by atoms with Gasteiger partial charge >= 0.3 is 5.69 Å². The van der Waals surface area contributed by atoms with Crippen molar-refractivity contribution in [2.75, 3.05) is 6.54 Å². The molecule has 0 radical (unpaired) electrons. The first kappa shape index (κ1) is 10.5. The van der Waals surface area contributed by atoms with Crippen LogP contribution in [0.4, 0.5) is 14.5 Å². The van der Waals surface area contributed by atoms with Crippen LogP contribution < -0.4 is 5.73 Å². The number of nitrogens with two attached hydrogens (primary N) is 1. The first-order valence-electron chi connectivity index (χ1n) is 3.89. The molecule has 0 fully saturated rings. The predicted molar refractivity (Wildman–Crippen MR) is 45.8 cm³/mol. The van der Waals surface area contributed by atoms with Crippen LogP contribution >= 0.6 is 0 Å². The molecule has 1 aromatic rings. The topological polar surface area (TPSA) is 69.2 Å². The Bertz CT molecular complexity index is 369. The van der Waals surface area contributed by atoms with E-state index in [2.05, 4.69) is 0 Å². The van der Waals surface area contributed by atoms with Crippen LogP contribution in [0.5, 0.6) is 0 Å². The normalized spacial score (nSPS) is 10.2. The summed E-state index contributed by atoms with van der Waals surface area (Å²) in [5.41, 5.74) is 4.06. The third-order valence-corrected chi connectivity index (χ3v) is 1.76. The molecule has 0 saturated carbocycles. The van der Waals surface area contributed by atoms with Crippen molar-refractivity contribution in [3.8, 4) is 0 Å². The van der Waals surface area contributed by atoms with Gasteiger partial charge in [0.2, 0.25) is 5.82 Å². The number of nitrogens with zero attached hydrogens (tertiary/aromatic N) is 1. The molecule has 14 heavy (non-hydrogen) atoms. The van der Waals surface area contributed by atoms with E-state index in [1.54, 1.807) is 0 Å². The molecular weight excluding hydrogens is 194 g/mol. The molecule has 0 aromatic heterocycles. The summed E-state index contributed by atoms with van der Waals surface area (Å²) < 4.78 is 26.2. The van der Waals surface area contributed by atoms with Crippen LogP contribution in [0.25, 0.3) is 0 Å². The number of hydrogen-bond acceptors (Lipinski definition) is 3. The molecular formula is C8H8F2N2O2. The zero-order valence-corrected chi connectivity index (χ0v) is 7.17. The van der Waals surface area contributed by atoms with E-state index in [4.69, 9.17) is 5.73 Å². The zero-order valence-electron chi connectivity index (χ0n) is 7.17. The number of nitro groups is 1. The van der Waals surface area contributed by atoms with E-state index >= 15 is 0 Å². The van der Waals surface area contributed by atoms with E-state index < -0.39 is 22.2 Å². The Morgan fingerprint density at radius 2 is 2.07 bits per heavy atom. The summed E-state index contributed by atoms with van der Waals surface area (Å²) in [6.45, 7) is 0.0367. The average molecular weight is 202 g/mol. The Morgan fingerprint density at radius 1 is 1.43 bits per heavy atom. The van der Waals surface area contributed by atoms with Crippen molar-refractivity contribution in [3.63, 3.8) is 0 Å². The molecule has 4 nitrogen and oxygen atoms in total. The van der Waals surface area contributed by atoms with Crippen LogP contribution in [0.15, 0.2) is 12.1 Å². The SMILES string of the molecule is NCCc1c(F)ccc([N+](=O)[O-])c1F. The highest BCUT2D eigenvalue weighted by atomic mass is 19.1. The fourth-order valence-electron chi connectivity index (χ4n) is 1.10. The molecule has 76 valence electrons. The molecule has 0 saturated heterocycles. The molecule has 0 aliphatic heterocycles. The van der Waals surface area contributed by atoms with Crippen LogP contribution in [0.3, 0.4) is 0 Å². The van der Waals surface area contributed by atoms with Crippen LogP contribution in [0.2, 0.25) is 0 Å². The summed E-state index contributed by atoms with van der Waals surface area (Å²) >= 11 is 0. The third kappa shape index (κ3) is 1.85. The fourth-order valence-corrected chi connectivity index (χ4v) is 1.10. The Balaban J connectivity index is 3.26. The molecule has 0 atom stereocenters. The molecule has 1 aromatic carbocycles. The van der Waals surface area contributed by atoms with Gasteiger partial charge in [0, 0.05) is 11.6 Å². The summed E-state index contributed by atoms with van der Waals surface area (Å²) in [5.74, 6) is -1.95. The predicted octanol–water partition coefficient (Wildman–Crippen LogP) is 1.37. The molecule has 0 amide bonds. The highest BCUT2D eigenvalue weighted by Crippen LogP contribution is 2.22. The van der Waals surface area contributed by atoms with Crippen molar-refractivity contribution >= 4 is 5.69 Å². The Labute approximate surface area is 78.5 Å². The highest BCUT2D eigenvalue weighted by molar-refractivity contribution is 5.37. The minimum Gasteiger partial charge on any atom is -0.330 e. The van der Waals surface area contributed by atoms with Gasteiger partial charge in [0.05, 0.1) is 4.92 Å². The van der Waals surface area contributed by atoms with E-state index in [0.29, 0.717) is 0 Å². The molecule has 6 heteroatoms. The van der Waals surface area contributed by atoms with Gasteiger partial charge in [-0.1, -0.05) is 0 Å². The van der Waals surface area contributed by atoms with Gasteiger partial charge in [-0.15, -0.1) is 0 Å². The standard InChI is InChI=1S/C8H8F2N2O2/c9-6-1-2-7(12(13)14)8(10)5(6)3-4-11/h1-2H,3-4,11H2. The number of nitro benzene ring substituents is 1. The van der Waals surface area contributed by atoms with Crippen LogP contribution in [0, 0.1) is 21.7 Å². The van der Waals surface area contributed by atoms with E-state index in [0.717, 1.165) is 12.1 Å². The minimum atomic E-state index is -1.14. The van der Waals surface area contributed by atoms with Gasteiger partial charge in [0.25, 0.3) is 0 Å². The second-order valence-corrected chi connectivity index (χ2v) is 2.65. The lowest BCUT2D eigenvalue weighted by molar-refractivity contribution is -0.387. The molecule has 1 rings (SSSR count). The first-order chi connectivity index (χ1) is 6.57. The van der Waals surface area contributed by atoms with E-state index in [-0.39, 0.29) is 18.5 Å². The van der Waals surface area contributed by atoms with Gasteiger partial charge in [-0.3, -0.25) is 10.1 Å². The minimum absolute atomic E-state index is 0.0367. The van der Waals surface area contributed by atoms with Gasteiger partial charge in [-0.25, -0.2) is 4.39 Å². The average Bonchev–Trinajstić information content (AvgIpc) is 2.11. The summed E-state index contributed by atoms with van der Waals surface area (Å²) in [7, 11) is 0. The maximum atomic E-state index is 13.2. The lowest BCUT2D eigenvalue weighted by atomic mass is 10.1. The van der Waals surface area contributed by atoms with Gasteiger partial charge in [-0.2, -0.15) is 4.39 Å². The highest BCUT2D eigenvalue weighted by Gasteiger charge is 2.20. The summed E-state index contributed by atoms with van der Waals surface area (Å²) in [4.78, 5) is 9.41. The lowest BCUT2D eigenvalue weighted by Gasteiger charge is -2.02. The van der Waals surface area contributed by atoms with E-state index in [1.165, 1.54) is 0 Å². The number of hydrogen-bond donors (Lipinski definition) is 1. The molecule has 0 aliphatic carbocycles. The van der Waals surface area contributed by atoms with Gasteiger partial charge in [-0.05, 0) is 19.0 Å². The lowest BCUT2D eigenvalue weighted by Crippen LogP contribution is -2.08. The quantitative estimate of drug-likeness (QED) is 0.594. The third-order valence-electron chi connectivity index (χ3n) is 1.76. The largest absolute Gasteiger partial charge is 0.330 e. The van der Waals surface area contributed by atoms with E-state index in [1.807, 2.05) is 0 Å². The number of benzene rings is 1. The van der Waals surface area contributed by atoms with Crippen LogP contribution in [-0.4, -0.2) is 11.5 Å². The van der Waals surface area contributed by atoms with E-state index in [9.17, 15) is 18.9 Å². The van der Waals surface area contributed by atoms with Crippen molar-refractivity contribution in [1.29, 1.82) is 0 Å². The molecule has 0 bridgehead atoms. The van der Waals surface area contributed by atoms with Crippen molar-refractivity contribution in [1.82, 2.24) is 0 Å². The van der Waals surface area contributed by atoms with Gasteiger partial charge < -0.3 is 5.73 Å². The molecule has 0 heterocycles. The smallest absolute Gasteiger partial charge is 0.305 e. The van der Waals surface area contributed by atoms with Gasteiger partial charge in [0.15, 0.2) is 0 Å². The summed E-state index contributed by atoms with van der Waals surface area (Å²) in [6.07, 6.45) is -0.0562. The monoisotopic (exact) mass is 202 g/mol. The zero-order chi connectivity index (χ0) is 10.7. The van der Waals surface area contributed by atoms with Crippen LogP contribution in [-0.2, 0) is 6.42 Å². The number of rotatable bonds is 3. The van der Waals surface area contributed by atoms with Crippen LogP contribution in [0.1, 0.15) is 5.56 Å². The second kappa shape index (κ2) is 4.10. The van der Waals surface area contributed by atoms with Crippen molar-refractivity contribution < 1.29 is 13.7 Å². The molecule has 0 aliphatic rings. The summed E-state index contributed by atoms with van der Waals surface area (Å²) in [6, 6.07) is 1.66. The number of halogens is 2. The Hall–Kier alpha value is -1.56. The molecule has 0 unspecified atom stereocenters. The fraction of sp³-hybridized carbons (Fsp3) is 0.250. The maximum absolute atomic E-state index is 13.2. The van der Waals surface area contributed by atoms with Crippen molar-refractivity contribution in [3.05, 3.63) is 39.4 Å². The van der Waals surface area contributed by atoms with Crippen molar-refractivity contribution in [2.24, 2.45) is 5.73 Å². The second-order valence-electron chi connectivity index (χ2n) is 2.65. The Kier molecular flexibility index (Phi) is 3.08. The maximum Gasteiger partial charge on any atom is 0.305 e. The summed E-state index contributed by atoms with van der Waals surface area (Å²) in [5, 5.41) is 10.3.